The molecule has 1 heterocycles. The zero-order valence-electron chi connectivity index (χ0n) is 18.2. The fourth-order valence-electron chi connectivity index (χ4n) is 3.40. The smallest absolute Gasteiger partial charge is 0.410 e. The third-order valence-corrected chi connectivity index (χ3v) is 4.73. The largest absolute Gasteiger partial charge is 0.453 e. The van der Waals surface area contributed by atoms with Crippen molar-refractivity contribution < 1.29 is 37.0 Å². The van der Waals surface area contributed by atoms with E-state index in [4.69, 9.17) is 9.47 Å². The number of benzene rings is 1. The highest BCUT2D eigenvalue weighted by atomic mass is 19.2. The van der Waals surface area contributed by atoms with Crippen molar-refractivity contribution in [3.63, 3.8) is 0 Å². The normalized spacial score (nSPS) is 17.8. The molecule has 10 heteroatoms. The summed E-state index contributed by atoms with van der Waals surface area (Å²) >= 11 is 0. The van der Waals surface area contributed by atoms with E-state index in [1.54, 1.807) is 20.8 Å². The molecule has 2 atom stereocenters. The van der Waals surface area contributed by atoms with Crippen LogP contribution in [0, 0.1) is 23.4 Å². The molecule has 1 saturated heterocycles. The number of hydrogen-bond donors (Lipinski definition) is 1. The molecule has 1 aliphatic rings. The third-order valence-electron chi connectivity index (χ3n) is 4.73. The molecule has 0 aromatic heterocycles. The summed E-state index contributed by atoms with van der Waals surface area (Å²) in [5.41, 5.74) is -0.548. The first-order chi connectivity index (χ1) is 14.5. The number of piperidine rings is 1. The van der Waals surface area contributed by atoms with Gasteiger partial charge in [-0.1, -0.05) is 0 Å². The Morgan fingerprint density at radius 1 is 1.23 bits per heavy atom. The van der Waals surface area contributed by atoms with Crippen LogP contribution in [0.3, 0.4) is 0 Å². The summed E-state index contributed by atoms with van der Waals surface area (Å²) in [6.07, 6.45) is -0.701. The van der Waals surface area contributed by atoms with Crippen molar-refractivity contribution in [3.05, 3.63) is 35.1 Å². The molecule has 1 aliphatic heterocycles. The molecule has 174 valence electrons. The molecule has 0 aliphatic carbocycles. The van der Waals surface area contributed by atoms with Gasteiger partial charge in [-0.15, -0.1) is 0 Å². The molecule has 1 aromatic rings. The van der Waals surface area contributed by atoms with Crippen molar-refractivity contribution in [2.75, 3.05) is 33.4 Å². The summed E-state index contributed by atoms with van der Waals surface area (Å²) < 4.78 is 56.9. The number of ether oxygens (including phenoxy) is 3. The number of amides is 2. The monoisotopic (exact) mass is 446 g/mol. The minimum atomic E-state index is -1.56. The van der Waals surface area contributed by atoms with Crippen molar-refractivity contribution in [3.8, 4) is 0 Å². The highest BCUT2D eigenvalue weighted by Crippen LogP contribution is 2.34. The number of nitrogens with one attached hydrogen (secondary N) is 1. The summed E-state index contributed by atoms with van der Waals surface area (Å²) in [7, 11) is 1.22. The summed E-state index contributed by atoms with van der Waals surface area (Å²) in [6, 6.07) is 1.78. The maximum atomic E-state index is 13.9. The number of likely N-dealkylation sites (tertiary alicyclic amines) is 1. The van der Waals surface area contributed by atoms with Gasteiger partial charge in [-0.3, -0.25) is 0 Å². The molecule has 0 saturated carbocycles. The number of hydrogen-bond acceptors (Lipinski definition) is 5. The minimum Gasteiger partial charge on any atom is -0.453 e. The van der Waals surface area contributed by atoms with Gasteiger partial charge in [0.1, 0.15) is 5.60 Å². The molecular formula is C21H29F3N2O5. The lowest BCUT2D eigenvalue weighted by molar-refractivity contribution is -0.0248. The molecule has 1 aromatic carbocycles. The molecule has 0 radical (unpaired) electrons. The van der Waals surface area contributed by atoms with E-state index in [-0.39, 0.29) is 31.2 Å². The molecule has 2 amide bonds. The highest BCUT2D eigenvalue weighted by molar-refractivity contribution is 5.68. The van der Waals surface area contributed by atoms with Crippen LogP contribution in [0.25, 0.3) is 0 Å². The maximum absolute atomic E-state index is 13.9. The van der Waals surface area contributed by atoms with Crippen molar-refractivity contribution in [2.45, 2.75) is 45.3 Å². The Balaban J connectivity index is 2.18. The molecule has 1 N–H and O–H groups in total. The van der Waals surface area contributed by atoms with Crippen LogP contribution < -0.4 is 5.32 Å². The highest BCUT2D eigenvalue weighted by Gasteiger charge is 2.34. The Bertz CT molecular complexity index is 762. The Labute approximate surface area is 179 Å². The predicted molar refractivity (Wildman–Crippen MR) is 106 cm³/mol. The second kappa shape index (κ2) is 10.7. The Morgan fingerprint density at radius 3 is 2.45 bits per heavy atom. The number of halogens is 3. The van der Waals surface area contributed by atoms with E-state index >= 15 is 0 Å². The summed E-state index contributed by atoms with van der Waals surface area (Å²) in [5.74, 6) is -4.52. The van der Waals surface area contributed by atoms with Crippen molar-refractivity contribution >= 4 is 12.2 Å². The van der Waals surface area contributed by atoms with Crippen molar-refractivity contribution in [1.82, 2.24) is 10.2 Å². The van der Waals surface area contributed by atoms with Gasteiger partial charge >= 0.3 is 12.2 Å². The zero-order chi connectivity index (χ0) is 23.2. The van der Waals surface area contributed by atoms with Crippen LogP contribution in [0.5, 0.6) is 0 Å². The molecule has 1 unspecified atom stereocenters. The lowest BCUT2D eigenvalue weighted by atomic mass is 9.88. The fourth-order valence-corrected chi connectivity index (χ4v) is 3.40. The van der Waals surface area contributed by atoms with Crippen molar-refractivity contribution in [1.29, 1.82) is 0 Å². The molecular weight excluding hydrogens is 417 g/mol. The molecule has 2 rings (SSSR count). The van der Waals surface area contributed by atoms with Crippen LogP contribution in [-0.4, -0.2) is 56.0 Å². The second-order valence-electron chi connectivity index (χ2n) is 8.34. The SMILES string of the molecule is COC(=O)NCCO[C@@H](c1cc(F)c(F)c(F)c1)C1CCCN(C(=O)OC(C)(C)C)C1. The molecule has 0 bridgehead atoms. The Morgan fingerprint density at radius 2 is 1.87 bits per heavy atom. The van der Waals surface area contributed by atoms with E-state index in [1.165, 1.54) is 12.0 Å². The average Bonchev–Trinajstić information content (AvgIpc) is 2.70. The van der Waals surface area contributed by atoms with Gasteiger partial charge in [-0.2, -0.15) is 0 Å². The zero-order valence-corrected chi connectivity index (χ0v) is 18.2. The Hall–Kier alpha value is -2.49. The predicted octanol–water partition coefficient (Wildman–Crippen LogP) is 4.16. The first-order valence-corrected chi connectivity index (χ1v) is 10.1. The van der Waals surface area contributed by atoms with E-state index in [2.05, 4.69) is 10.1 Å². The molecule has 7 nitrogen and oxygen atoms in total. The fraction of sp³-hybridized carbons (Fsp3) is 0.619. The van der Waals surface area contributed by atoms with E-state index < -0.39 is 41.3 Å². The Kier molecular flexibility index (Phi) is 8.55. The van der Waals surface area contributed by atoms with Gasteiger partial charge in [0.2, 0.25) is 0 Å². The quantitative estimate of drug-likeness (QED) is 0.524. The van der Waals surface area contributed by atoms with Crippen LogP contribution in [0.1, 0.15) is 45.3 Å². The van der Waals surface area contributed by atoms with Crippen molar-refractivity contribution in [2.24, 2.45) is 5.92 Å². The minimum absolute atomic E-state index is 0.0172. The lowest BCUT2D eigenvalue weighted by Gasteiger charge is -2.37. The number of methoxy groups -OCH3 is 1. The van der Waals surface area contributed by atoms with Gasteiger partial charge in [-0.05, 0) is 51.3 Å². The first kappa shape index (κ1) is 24.8. The van der Waals surface area contributed by atoms with Crippen LogP contribution in [0.2, 0.25) is 0 Å². The molecule has 1 fully saturated rings. The van der Waals surface area contributed by atoms with Crippen LogP contribution in [0.4, 0.5) is 22.8 Å². The number of alkyl carbamates (subject to hydrolysis) is 1. The van der Waals surface area contributed by atoms with Crippen LogP contribution >= 0.6 is 0 Å². The average molecular weight is 446 g/mol. The van der Waals surface area contributed by atoms with E-state index in [0.29, 0.717) is 19.4 Å². The van der Waals surface area contributed by atoms with Crippen LogP contribution in [0.15, 0.2) is 12.1 Å². The van der Waals surface area contributed by atoms with E-state index in [1.807, 2.05) is 0 Å². The van der Waals surface area contributed by atoms with E-state index in [0.717, 1.165) is 12.1 Å². The van der Waals surface area contributed by atoms with Crippen LogP contribution in [-0.2, 0) is 14.2 Å². The summed E-state index contributed by atoms with van der Waals surface area (Å²) in [4.78, 5) is 25.2. The number of carbonyl (C=O) groups excluding carboxylic acids is 2. The van der Waals surface area contributed by atoms with Gasteiger partial charge in [0, 0.05) is 25.6 Å². The maximum Gasteiger partial charge on any atom is 0.410 e. The summed E-state index contributed by atoms with van der Waals surface area (Å²) in [5, 5.41) is 2.45. The van der Waals surface area contributed by atoms with E-state index in [9.17, 15) is 22.8 Å². The van der Waals surface area contributed by atoms with Gasteiger partial charge in [0.25, 0.3) is 0 Å². The molecule has 31 heavy (non-hydrogen) atoms. The van der Waals surface area contributed by atoms with Gasteiger partial charge < -0.3 is 24.4 Å². The second-order valence-corrected chi connectivity index (χ2v) is 8.34. The van der Waals surface area contributed by atoms with Gasteiger partial charge in [0.05, 0.1) is 19.8 Å². The topological polar surface area (TPSA) is 77.1 Å². The number of carbonyl (C=O) groups is 2. The standard InChI is InChI=1S/C21H29F3N2O5/c1-21(2,3)31-20(28)26-8-5-6-13(12-26)18(30-9-7-25-19(27)29-4)14-10-15(22)17(24)16(23)11-14/h10-11,13,18H,5-9,12H2,1-4H3,(H,25,27)/t13?,18-/m1/s1. The number of rotatable bonds is 6. The summed E-state index contributed by atoms with van der Waals surface area (Å²) in [6.45, 7) is 6.11. The first-order valence-electron chi connectivity index (χ1n) is 10.1. The third kappa shape index (κ3) is 7.30. The molecule has 0 spiro atoms. The lowest BCUT2D eigenvalue weighted by Crippen LogP contribution is -2.44. The number of nitrogens with zero attached hydrogens (tertiary/aromatic N) is 1. The van der Waals surface area contributed by atoms with Gasteiger partial charge in [-0.25, -0.2) is 22.8 Å². The van der Waals surface area contributed by atoms with Gasteiger partial charge in [0.15, 0.2) is 17.5 Å².